The number of benzene rings is 1. The molecule has 202 valence electrons. The van der Waals surface area contributed by atoms with Crippen molar-refractivity contribution in [2.24, 2.45) is 11.8 Å². The molecule has 37 heavy (non-hydrogen) atoms. The van der Waals surface area contributed by atoms with Crippen molar-refractivity contribution >= 4 is 28.9 Å². The summed E-state index contributed by atoms with van der Waals surface area (Å²) >= 11 is 6.17. The van der Waals surface area contributed by atoms with Crippen molar-refractivity contribution in [3.8, 4) is 0 Å². The minimum absolute atomic E-state index is 0.0340. The first kappa shape index (κ1) is 27.6. The number of aromatic nitrogens is 2. The first-order valence-electron chi connectivity index (χ1n) is 12.4. The lowest BCUT2D eigenvalue weighted by atomic mass is 9.89. The first-order valence-corrected chi connectivity index (χ1v) is 12.8. The number of halogens is 4. The zero-order valence-electron chi connectivity index (χ0n) is 20.9. The highest BCUT2D eigenvalue weighted by atomic mass is 35.5. The van der Waals surface area contributed by atoms with E-state index in [4.69, 9.17) is 26.8 Å². The summed E-state index contributed by atoms with van der Waals surface area (Å²) in [5, 5.41) is 3.27. The largest absolute Gasteiger partial charge is 0.416 e. The van der Waals surface area contributed by atoms with Gasteiger partial charge >= 0.3 is 6.18 Å². The molecule has 1 aromatic carbocycles. The Morgan fingerprint density at radius 3 is 2.81 bits per heavy atom. The van der Waals surface area contributed by atoms with Gasteiger partial charge in [0.05, 0.1) is 30.0 Å². The van der Waals surface area contributed by atoms with Crippen LogP contribution in [-0.2, 0) is 33.3 Å². The number of alkyl halides is 3. The molecular weight excluding hydrogens is 509 g/mol. The van der Waals surface area contributed by atoms with E-state index in [2.05, 4.69) is 15.3 Å². The minimum Gasteiger partial charge on any atom is -0.399 e. The van der Waals surface area contributed by atoms with E-state index in [0.29, 0.717) is 56.7 Å². The lowest BCUT2D eigenvalue weighted by molar-refractivity contribution is -0.137. The average molecular weight is 541 g/mol. The maximum Gasteiger partial charge on any atom is 0.416 e. The molecule has 0 amide bonds. The lowest BCUT2D eigenvalue weighted by Crippen LogP contribution is -2.35. The highest BCUT2D eigenvalue weighted by Crippen LogP contribution is 2.37. The molecule has 1 aromatic heterocycles. The number of anilines is 2. The predicted molar refractivity (Wildman–Crippen MR) is 134 cm³/mol. The zero-order valence-corrected chi connectivity index (χ0v) is 21.7. The van der Waals surface area contributed by atoms with E-state index in [1.54, 1.807) is 14.0 Å². The van der Waals surface area contributed by atoms with Crippen molar-refractivity contribution in [1.82, 2.24) is 9.97 Å². The monoisotopic (exact) mass is 540 g/mol. The van der Waals surface area contributed by atoms with E-state index in [0.717, 1.165) is 29.8 Å². The molecule has 1 saturated heterocycles. The van der Waals surface area contributed by atoms with Gasteiger partial charge in [0.15, 0.2) is 0 Å². The number of fused-ring (bicyclic) bond motifs is 1. The van der Waals surface area contributed by atoms with E-state index < -0.39 is 17.8 Å². The molecule has 2 aromatic rings. The normalized spacial score (nSPS) is 22.5. The van der Waals surface area contributed by atoms with Gasteiger partial charge in [-0.1, -0.05) is 0 Å². The summed E-state index contributed by atoms with van der Waals surface area (Å²) in [4.78, 5) is 21.4. The fourth-order valence-corrected chi connectivity index (χ4v) is 5.42. The van der Waals surface area contributed by atoms with Crippen molar-refractivity contribution in [3.05, 3.63) is 45.9 Å². The Hall–Kier alpha value is -2.43. The quantitative estimate of drug-likeness (QED) is 0.324. The Bertz CT molecular complexity index is 1130. The summed E-state index contributed by atoms with van der Waals surface area (Å²) in [6.45, 7) is 2.91. The van der Waals surface area contributed by atoms with Crippen LogP contribution in [0.25, 0.3) is 0 Å². The predicted octanol–water partition coefficient (Wildman–Crippen LogP) is 5.41. The van der Waals surface area contributed by atoms with Crippen LogP contribution in [0.5, 0.6) is 0 Å². The van der Waals surface area contributed by atoms with Crippen molar-refractivity contribution in [2.45, 2.75) is 63.8 Å². The van der Waals surface area contributed by atoms with Crippen molar-refractivity contribution in [3.63, 3.8) is 0 Å². The molecule has 4 atom stereocenters. The number of nitrogens with zero attached hydrogens (tertiary/aromatic N) is 2. The Balaban J connectivity index is 1.40. The molecule has 4 rings (SSSR count). The second-order valence-corrected chi connectivity index (χ2v) is 10.3. The minimum atomic E-state index is -4.50. The number of carbonyl (C=O) groups is 1. The average Bonchev–Trinajstić information content (AvgIpc) is 3.25. The summed E-state index contributed by atoms with van der Waals surface area (Å²) in [7, 11) is 1.65. The van der Waals surface area contributed by atoms with E-state index in [-0.39, 0.29) is 34.7 Å². The number of nitrogens with one attached hydrogen (secondary N) is 1. The molecule has 7 nitrogen and oxygen atoms in total. The Kier molecular flexibility index (Phi) is 8.60. The number of carbonyl (C=O) groups excluding carboxylic acids is 1. The zero-order chi connectivity index (χ0) is 26.7. The Labute approximate surface area is 219 Å². The number of hydrogen-bond acceptors (Lipinski definition) is 7. The smallest absolute Gasteiger partial charge is 0.399 e. The van der Waals surface area contributed by atoms with Crippen LogP contribution in [0.2, 0.25) is 5.28 Å². The third-order valence-corrected chi connectivity index (χ3v) is 7.43. The van der Waals surface area contributed by atoms with Crippen molar-refractivity contribution in [2.75, 3.05) is 31.4 Å². The van der Waals surface area contributed by atoms with Gasteiger partial charge in [0.25, 0.3) is 0 Å². The van der Waals surface area contributed by atoms with Gasteiger partial charge in [-0.2, -0.15) is 13.2 Å². The molecule has 0 saturated carbocycles. The van der Waals surface area contributed by atoms with Gasteiger partial charge in [-0.25, -0.2) is 9.97 Å². The summed E-state index contributed by atoms with van der Waals surface area (Å²) < 4.78 is 50.7. The molecule has 1 aliphatic carbocycles. The van der Waals surface area contributed by atoms with Crippen molar-refractivity contribution in [1.29, 1.82) is 0 Å². The van der Waals surface area contributed by atoms with Crippen molar-refractivity contribution < 1.29 is 27.4 Å². The van der Waals surface area contributed by atoms with Gasteiger partial charge in [0.2, 0.25) is 5.28 Å². The molecule has 3 unspecified atom stereocenters. The first-order chi connectivity index (χ1) is 17.5. The topological polar surface area (TPSA) is 99.4 Å². The number of nitrogens with two attached hydrogens (primary N) is 1. The van der Waals surface area contributed by atoms with Crippen LogP contribution in [0.15, 0.2) is 18.2 Å². The molecular formula is C26H32ClF3N4O3. The van der Waals surface area contributed by atoms with Gasteiger partial charge < -0.3 is 20.5 Å². The standard InChI is InChI=1S/C26H32ClF3N4O3/c1-14(17-9-18(26(28,29)30)12-19(31)10-17)32-24-21-7-15(8-22(21)33-25(27)34-24)3-4-20(35)11-16-5-6-37-13-23(16)36-2/h9-10,12,14-16,23H,3-8,11,13,31H2,1-2H3,(H,32,33,34)/t14-,15?,16?,23?/m1/s1. The fourth-order valence-electron chi connectivity index (χ4n) is 5.23. The SMILES string of the molecule is COC1COCCC1CC(=O)CCC1Cc2nc(Cl)nc(N[C@H](C)c3cc(N)cc(C(F)(F)F)c3)c2C1. The van der Waals surface area contributed by atoms with Crippen LogP contribution < -0.4 is 11.1 Å². The molecule has 11 heteroatoms. The molecule has 2 aliphatic rings. The second kappa shape index (κ2) is 11.5. The maximum absolute atomic E-state index is 13.3. The van der Waals surface area contributed by atoms with Gasteiger partial charge in [0, 0.05) is 37.8 Å². The number of ketones is 1. The number of rotatable bonds is 9. The van der Waals surface area contributed by atoms with E-state index >= 15 is 0 Å². The summed E-state index contributed by atoms with van der Waals surface area (Å²) in [6.07, 6.45) is -0.726. The number of Topliss-reactive ketones (excluding diaryl/α,β-unsaturated/α-hetero) is 1. The van der Waals surface area contributed by atoms with Crippen LogP contribution in [0.4, 0.5) is 24.7 Å². The summed E-state index contributed by atoms with van der Waals surface area (Å²) in [5.74, 6) is 1.10. The number of ether oxygens (including phenoxy) is 2. The van der Waals surface area contributed by atoms with Crippen LogP contribution in [0, 0.1) is 11.8 Å². The van der Waals surface area contributed by atoms with Crippen LogP contribution >= 0.6 is 11.6 Å². The van der Waals surface area contributed by atoms with E-state index in [1.807, 2.05) is 0 Å². The third-order valence-electron chi connectivity index (χ3n) is 7.26. The van der Waals surface area contributed by atoms with Gasteiger partial charge in [-0.15, -0.1) is 0 Å². The Morgan fingerprint density at radius 2 is 2.08 bits per heavy atom. The van der Waals surface area contributed by atoms with Crippen LogP contribution in [0.3, 0.4) is 0 Å². The molecule has 3 N–H and O–H groups in total. The second-order valence-electron chi connectivity index (χ2n) is 9.97. The summed E-state index contributed by atoms with van der Waals surface area (Å²) in [5.41, 5.74) is 7.05. The molecule has 0 bridgehead atoms. The molecule has 1 fully saturated rings. The Morgan fingerprint density at radius 1 is 1.30 bits per heavy atom. The van der Waals surface area contributed by atoms with Gasteiger partial charge in [-0.3, -0.25) is 4.79 Å². The van der Waals surface area contributed by atoms with Crippen LogP contribution in [0.1, 0.15) is 61.0 Å². The number of hydrogen-bond donors (Lipinski definition) is 2. The lowest BCUT2D eigenvalue weighted by Gasteiger charge is -2.30. The maximum atomic E-state index is 13.3. The fraction of sp³-hybridized carbons (Fsp3) is 0.577. The van der Waals surface area contributed by atoms with E-state index in [9.17, 15) is 18.0 Å². The van der Waals surface area contributed by atoms with Crippen LogP contribution in [-0.4, -0.2) is 42.2 Å². The third kappa shape index (κ3) is 6.91. The summed E-state index contributed by atoms with van der Waals surface area (Å²) in [6, 6.07) is 3.00. The molecule has 0 spiro atoms. The van der Waals surface area contributed by atoms with E-state index in [1.165, 1.54) is 6.07 Å². The molecule has 1 aliphatic heterocycles. The van der Waals surface area contributed by atoms with Gasteiger partial charge in [0.1, 0.15) is 11.6 Å². The number of methoxy groups -OCH3 is 1. The van der Waals surface area contributed by atoms with Gasteiger partial charge in [-0.05, 0) is 79.8 Å². The highest BCUT2D eigenvalue weighted by Gasteiger charge is 2.33. The molecule has 2 heterocycles. The highest BCUT2D eigenvalue weighted by molar-refractivity contribution is 6.28. The molecule has 0 radical (unpaired) electrons. The number of nitrogen functional groups attached to an aromatic ring is 1.